The fourth-order valence-electron chi connectivity index (χ4n) is 4.69. The summed E-state index contributed by atoms with van der Waals surface area (Å²) in [6.45, 7) is 1.10. The van der Waals surface area contributed by atoms with E-state index in [4.69, 9.17) is 0 Å². The summed E-state index contributed by atoms with van der Waals surface area (Å²) in [7, 11) is -2.74. The van der Waals surface area contributed by atoms with Gasteiger partial charge >= 0.3 is 0 Å². The number of sulfone groups is 1. The van der Waals surface area contributed by atoms with Gasteiger partial charge in [-0.3, -0.25) is 9.58 Å². The molecule has 0 radical (unpaired) electrons. The average Bonchev–Trinajstić information content (AvgIpc) is 3.02. The second kappa shape index (κ2) is 6.15. The molecular weight excluding hydrogens is 378 g/mol. The number of nitrogens with zero attached hydrogens (tertiary/aromatic N) is 3. The molecule has 1 aromatic rings. The predicted molar refractivity (Wildman–Crippen MR) is 93.1 cm³/mol. The minimum Gasteiger partial charge on any atom is -0.297 e. The summed E-state index contributed by atoms with van der Waals surface area (Å²) in [5.74, 6) is 1.35. The van der Waals surface area contributed by atoms with Gasteiger partial charge in [-0.15, -0.1) is 0 Å². The Labute approximate surface area is 146 Å². The van der Waals surface area contributed by atoms with Crippen molar-refractivity contribution in [3.8, 4) is 0 Å². The van der Waals surface area contributed by atoms with Crippen LogP contribution in [0.15, 0.2) is 16.9 Å². The van der Waals surface area contributed by atoms with Crippen LogP contribution in [0.5, 0.6) is 0 Å². The van der Waals surface area contributed by atoms with Gasteiger partial charge in [0.05, 0.1) is 28.2 Å². The Kier molecular flexibility index (Phi) is 4.30. The van der Waals surface area contributed by atoms with Crippen molar-refractivity contribution in [2.24, 2.45) is 5.92 Å². The first-order valence-electron chi connectivity index (χ1n) is 8.66. The van der Waals surface area contributed by atoms with Crippen LogP contribution < -0.4 is 0 Å². The van der Waals surface area contributed by atoms with E-state index < -0.39 is 9.84 Å². The lowest BCUT2D eigenvalue weighted by molar-refractivity contribution is 0.0830. The molecule has 1 aromatic heterocycles. The molecule has 4 heterocycles. The van der Waals surface area contributed by atoms with Crippen molar-refractivity contribution in [1.82, 2.24) is 14.7 Å². The van der Waals surface area contributed by atoms with E-state index in [0.29, 0.717) is 35.5 Å². The number of aromatic nitrogens is 2. The van der Waals surface area contributed by atoms with Gasteiger partial charge in [0.15, 0.2) is 0 Å². The van der Waals surface area contributed by atoms with Crippen LogP contribution in [0.25, 0.3) is 0 Å². The van der Waals surface area contributed by atoms with E-state index in [9.17, 15) is 8.42 Å². The molecule has 4 rings (SSSR count). The van der Waals surface area contributed by atoms with Crippen LogP contribution in [0, 0.1) is 5.92 Å². The Morgan fingerprint density at radius 3 is 2.30 bits per heavy atom. The fraction of sp³-hybridized carbons (Fsp3) is 0.812. The zero-order valence-electron chi connectivity index (χ0n) is 13.3. The van der Waals surface area contributed by atoms with E-state index in [1.165, 1.54) is 25.7 Å². The van der Waals surface area contributed by atoms with Crippen LogP contribution in [-0.4, -0.2) is 53.2 Å². The van der Waals surface area contributed by atoms with Crippen molar-refractivity contribution in [2.45, 2.75) is 56.7 Å². The molecule has 3 aliphatic heterocycles. The number of fused-ring (bicyclic) bond motifs is 2. The maximum atomic E-state index is 11.6. The summed E-state index contributed by atoms with van der Waals surface area (Å²) in [5.41, 5.74) is 0. The Morgan fingerprint density at radius 2 is 1.74 bits per heavy atom. The predicted octanol–water partition coefficient (Wildman–Crippen LogP) is 2.64. The summed E-state index contributed by atoms with van der Waals surface area (Å²) in [5, 5.41) is 4.48. The topological polar surface area (TPSA) is 55.2 Å². The van der Waals surface area contributed by atoms with Gasteiger partial charge in [-0.05, 0) is 60.4 Å². The minimum atomic E-state index is -2.74. The smallest absolute Gasteiger partial charge is 0.150 e. The van der Waals surface area contributed by atoms with Gasteiger partial charge in [-0.25, -0.2) is 8.42 Å². The average molecular weight is 402 g/mol. The second-order valence-electron chi connectivity index (χ2n) is 7.44. The molecule has 7 heteroatoms. The SMILES string of the molecule is O=S1(=O)CCC(CN2C3CCC2CC(n2cc(Br)cn2)C3)CC1. The fourth-order valence-corrected chi connectivity index (χ4v) is 6.58. The highest BCUT2D eigenvalue weighted by molar-refractivity contribution is 9.10. The minimum absolute atomic E-state index is 0.394. The van der Waals surface area contributed by atoms with Crippen molar-refractivity contribution < 1.29 is 8.42 Å². The molecule has 3 aliphatic rings. The molecule has 5 nitrogen and oxygen atoms in total. The molecule has 2 unspecified atom stereocenters. The van der Waals surface area contributed by atoms with Gasteiger partial charge in [-0.2, -0.15) is 5.10 Å². The normalized spacial score (nSPS) is 34.7. The summed E-state index contributed by atoms with van der Waals surface area (Å²) in [6, 6.07) is 1.82. The Bertz CT molecular complexity index is 647. The molecule has 3 saturated heterocycles. The van der Waals surface area contributed by atoms with E-state index in [-0.39, 0.29) is 0 Å². The zero-order valence-corrected chi connectivity index (χ0v) is 15.7. The van der Waals surface area contributed by atoms with E-state index >= 15 is 0 Å². The lowest BCUT2D eigenvalue weighted by Crippen LogP contribution is -2.46. The Hall–Kier alpha value is -0.400. The third kappa shape index (κ3) is 3.37. The van der Waals surface area contributed by atoms with Crippen LogP contribution in [0.3, 0.4) is 0 Å². The van der Waals surface area contributed by atoms with Crippen molar-refractivity contribution in [2.75, 3.05) is 18.1 Å². The van der Waals surface area contributed by atoms with Crippen molar-refractivity contribution in [1.29, 1.82) is 0 Å². The third-order valence-corrected chi connectivity index (χ3v) is 8.07. The zero-order chi connectivity index (χ0) is 16.0. The molecule has 2 atom stereocenters. The quantitative estimate of drug-likeness (QED) is 0.780. The highest BCUT2D eigenvalue weighted by Gasteiger charge is 2.42. The van der Waals surface area contributed by atoms with Crippen molar-refractivity contribution in [3.05, 3.63) is 16.9 Å². The summed E-state index contributed by atoms with van der Waals surface area (Å²) < 4.78 is 26.4. The lowest BCUT2D eigenvalue weighted by Gasteiger charge is -2.41. The van der Waals surface area contributed by atoms with Crippen LogP contribution in [-0.2, 0) is 9.84 Å². The largest absolute Gasteiger partial charge is 0.297 e. The molecule has 128 valence electrons. The standard InChI is InChI=1S/C16H24BrN3O2S/c17-13-9-18-20(11-13)16-7-14-1-2-15(8-16)19(14)10-12-3-5-23(21,22)6-4-12/h9,11-12,14-16H,1-8,10H2. The van der Waals surface area contributed by atoms with Gasteiger partial charge in [0.2, 0.25) is 0 Å². The van der Waals surface area contributed by atoms with Gasteiger partial charge in [-0.1, -0.05) is 0 Å². The van der Waals surface area contributed by atoms with Crippen molar-refractivity contribution in [3.63, 3.8) is 0 Å². The Morgan fingerprint density at radius 1 is 1.09 bits per heavy atom. The Balaban J connectivity index is 1.39. The van der Waals surface area contributed by atoms with E-state index in [1.54, 1.807) is 0 Å². The van der Waals surface area contributed by atoms with E-state index in [2.05, 4.69) is 36.8 Å². The van der Waals surface area contributed by atoms with E-state index in [0.717, 1.165) is 23.9 Å². The first-order chi connectivity index (χ1) is 11.0. The van der Waals surface area contributed by atoms with Crippen LogP contribution in [0.4, 0.5) is 0 Å². The number of hydrogen-bond acceptors (Lipinski definition) is 4. The molecule has 23 heavy (non-hydrogen) atoms. The molecule has 0 spiro atoms. The molecule has 3 fully saturated rings. The van der Waals surface area contributed by atoms with Gasteiger partial charge < -0.3 is 0 Å². The van der Waals surface area contributed by atoms with Crippen LogP contribution in [0.2, 0.25) is 0 Å². The van der Waals surface area contributed by atoms with Crippen LogP contribution >= 0.6 is 15.9 Å². The summed E-state index contributed by atoms with van der Waals surface area (Å²) in [4.78, 5) is 2.69. The first kappa shape index (κ1) is 16.1. The second-order valence-corrected chi connectivity index (χ2v) is 10.7. The maximum absolute atomic E-state index is 11.6. The van der Waals surface area contributed by atoms with Gasteiger partial charge in [0.1, 0.15) is 9.84 Å². The molecule has 0 N–H and O–H groups in total. The van der Waals surface area contributed by atoms with E-state index in [1.807, 2.05) is 6.20 Å². The summed E-state index contributed by atoms with van der Waals surface area (Å²) in [6.07, 6.45) is 10.6. The highest BCUT2D eigenvalue weighted by atomic mass is 79.9. The lowest BCUT2D eigenvalue weighted by atomic mass is 9.94. The molecular formula is C16H24BrN3O2S. The third-order valence-electron chi connectivity index (χ3n) is 5.95. The monoisotopic (exact) mass is 401 g/mol. The first-order valence-corrected chi connectivity index (χ1v) is 11.3. The molecule has 0 amide bonds. The molecule has 2 bridgehead atoms. The molecule has 0 aromatic carbocycles. The number of hydrogen-bond donors (Lipinski definition) is 0. The number of halogens is 1. The summed E-state index contributed by atoms with van der Waals surface area (Å²) >= 11 is 3.49. The highest BCUT2D eigenvalue weighted by Crippen LogP contribution is 2.41. The maximum Gasteiger partial charge on any atom is 0.150 e. The van der Waals surface area contributed by atoms with Gasteiger partial charge in [0.25, 0.3) is 0 Å². The molecule has 0 aliphatic carbocycles. The number of rotatable bonds is 3. The molecule has 0 saturated carbocycles. The van der Waals surface area contributed by atoms with Gasteiger partial charge in [0, 0.05) is 24.8 Å². The number of piperidine rings is 1. The van der Waals surface area contributed by atoms with Crippen molar-refractivity contribution >= 4 is 25.8 Å². The van der Waals surface area contributed by atoms with Crippen LogP contribution in [0.1, 0.15) is 44.6 Å².